The second-order valence-corrected chi connectivity index (χ2v) is 4.90. The third kappa shape index (κ3) is 4.02. The summed E-state index contributed by atoms with van der Waals surface area (Å²) >= 11 is 0. The van der Waals surface area contributed by atoms with Crippen molar-refractivity contribution in [3.63, 3.8) is 0 Å². The first-order valence-corrected chi connectivity index (χ1v) is 6.44. The number of hydrogen-bond acceptors (Lipinski definition) is 1. The van der Waals surface area contributed by atoms with Crippen molar-refractivity contribution in [2.75, 3.05) is 6.54 Å². The lowest BCUT2D eigenvalue weighted by Crippen LogP contribution is -2.42. The lowest BCUT2D eigenvalue weighted by atomic mass is 10.1. The Labute approximate surface area is 107 Å². The largest absolute Gasteiger partial charge is 0.338 e. The van der Waals surface area contributed by atoms with Gasteiger partial charge in [0.25, 0.3) is 0 Å². The Morgan fingerprint density at radius 3 is 2.67 bits per heavy atom. The smallest absolute Gasteiger partial charge is 0.315 e. The van der Waals surface area contributed by atoms with Gasteiger partial charge in [-0.2, -0.15) is 0 Å². The van der Waals surface area contributed by atoms with Gasteiger partial charge in [-0.1, -0.05) is 12.1 Å². The van der Waals surface area contributed by atoms with Gasteiger partial charge in [-0.3, -0.25) is 0 Å². The molecule has 0 bridgehead atoms. The molecule has 98 valence electrons. The van der Waals surface area contributed by atoms with Gasteiger partial charge in [0.15, 0.2) is 0 Å². The Kier molecular flexibility index (Phi) is 4.18. The molecule has 1 fully saturated rings. The zero-order chi connectivity index (χ0) is 13.0. The van der Waals surface area contributed by atoms with E-state index in [1.165, 1.54) is 25.0 Å². The van der Waals surface area contributed by atoms with Crippen LogP contribution >= 0.6 is 0 Å². The number of nitrogens with one attached hydrogen (secondary N) is 2. The number of halogens is 1. The first kappa shape index (κ1) is 12.9. The SMILES string of the molecule is CC(NC(=O)NCCc1ccc(F)cc1)C1CC1. The van der Waals surface area contributed by atoms with E-state index in [4.69, 9.17) is 0 Å². The van der Waals surface area contributed by atoms with Crippen LogP contribution in [0.25, 0.3) is 0 Å². The molecular weight excluding hydrogens is 231 g/mol. The number of carbonyl (C=O) groups is 1. The maximum absolute atomic E-state index is 12.7. The molecule has 0 saturated heterocycles. The van der Waals surface area contributed by atoms with Crippen molar-refractivity contribution in [1.82, 2.24) is 10.6 Å². The zero-order valence-electron chi connectivity index (χ0n) is 10.6. The van der Waals surface area contributed by atoms with Crippen LogP contribution in [0.5, 0.6) is 0 Å². The minimum Gasteiger partial charge on any atom is -0.338 e. The molecule has 1 atom stereocenters. The fourth-order valence-corrected chi connectivity index (χ4v) is 1.94. The molecule has 2 N–H and O–H groups in total. The quantitative estimate of drug-likeness (QED) is 0.828. The van der Waals surface area contributed by atoms with E-state index in [1.807, 2.05) is 6.92 Å². The summed E-state index contributed by atoms with van der Waals surface area (Å²) in [6, 6.07) is 6.49. The van der Waals surface area contributed by atoms with Crippen LogP contribution in [0.15, 0.2) is 24.3 Å². The van der Waals surface area contributed by atoms with Crippen LogP contribution in [-0.2, 0) is 6.42 Å². The second-order valence-electron chi connectivity index (χ2n) is 4.90. The Morgan fingerprint density at radius 1 is 1.39 bits per heavy atom. The predicted molar refractivity (Wildman–Crippen MR) is 68.8 cm³/mol. The molecular formula is C14H19FN2O. The number of hydrogen-bond donors (Lipinski definition) is 2. The summed E-state index contributed by atoms with van der Waals surface area (Å²) in [4.78, 5) is 11.5. The highest BCUT2D eigenvalue weighted by Crippen LogP contribution is 2.32. The standard InChI is InChI=1S/C14H19FN2O/c1-10(12-4-5-12)17-14(18)16-9-8-11-2-6-13(15)7-3-11/h2-3,6-7,10,12H,4-5,8-9H2,1H3,(H2,16,17,18). The summed E-state index contributed by atoms with van der Waals surface area (Å²) in [5.74, 6) is 0.426. The van der Waals surface area contributed by atoms with E-state index in [0.29, 0.717) is 18.9 Å². The molecule has 4 heteroatoms. The lowest BCUT2D eigenvalue weighted by Gasteiger charge is -2.13. The van der Waals surface area contributed by atoms with Crippen LogP contribution in [0.1, 0.15) is 25.3 Å². The summed E-state index contributed by atoms with van der Waals surface area (Å²) in [5.41, 5.74) is 1.02. The number of rotatable bonds is 5. The summed E-state index contributed by atoms with van der Waals surface area (Å²) in [5, 5.41) is 5.74. The van der Waals surface area contributed by atoms with E-state index in [0.717, 1.165) is 5.56 Å². The molecule has 1 aromatic carbocycles. The Hall–Kier alpha value is -1.58. The normalized spacial score (nSPS) is 16.1. The summed E-state index contributed by atoms with van der Waals surface area (Å²) in [6.07, 6.45) is 3.15. The first-order chi connectivity index (χ1) is 8.65. The molecule has 2 amide bonds. The van der Waals surface area contributed by atoms with Gasteiger partial charge in [-0.25, -0.2) is 9.18 Å². The van der Waals surface area contributed by atoms with Gasteiger partial charge in [-0.15, -0.1) is 0 Å². The van der Waals surface area contributed by atoms with Gasteiger partial charge in [0.2, 0.25) is 0 Å². The minimum absolute atomic E-state index is 0.114. The van der Waals surface area contributed by atoms with Gasteiger partial charge in [0.1, 0.15) is 5.82 Å². The van der Waals surface area contributed by atoms with Crippen LogP contribution in [0, 0.1) is 11.7 Å². The van der Waals surface area contributed by atoms with E-state index in [-0.39, 0.29) is 17.9 Å². The number of amides is 2. The molecule has 1 aliphatic rings. The van der Waals surface area contributed by atoms with Crippen molar-refractivity contribution in [2.45, 2.75) is 32.2 Å². The Balaban J connectivity index is 1.65. The predicted octanol–water partition coefficient (Wildman–Crippen LogP) is 2.47. The number of benzene rings is 1. The van der Waals surface area contributed by atoms with Crippen LogP contribution in [0.2, 0.25) is 0 Å². The van der Waals surface area contributed by atoms with Crippen molar-refractivity contribution in [2.24, 2.45) is 5.92 Å². The molecule has 18 heavy (non-hydrogen) atoms. The molecule has 1 unspecified atom stereocenters. The highest BCUT2D eigenvalue weighted by Gasteiger charge is 2.28. The fraction of sp³-hybridized carbons (Fsp3) is 0.500. The van der Waals surface area contributed by atoms with Crippen molar-refractivity contribution >= 4 is 6.03 Å². The molecule has 0 heterocycles. The molecule has 0 spiro atoms. The van der Waals surface area contributed by atoms with Gasteiger partial charge < -0.3 is 10.6 Å². The minimum atomic E-state index is -0.234. The van der Waals surface area contributed by atoms with Crippen molar-refractivity contribution in [3.05, 3.63) is 35.6 Å². The van der Waals surface area contributed by atoms with Crippen LogP contribution in [-0.4, -0.2) is 18.6 Å². The molecule has 0 radical (unpaired) electrons. The Bertz CT molecular complexity index is 401. The molecule has 1 saturated carbocycles. The lowest BCUT2D eigenvalue weighted by molar-refractivity contribution is 0.236. The topological polar surface area (TPSA) is 41.1 Å². The van der Waals surface area contributed by atoms with Crippen molar-refractivity contribution in [3.8, 4) is 0 Å². The van der Waals surface area contributed by atoms with Gasteiger partial charge in [0.05, 0.1) is 0 Å². The summed E-state index contributed by atoms with van der Waals surface area (Å²) in [6.45, 7) is 2.60. The van der Waals surface area contributed by atoms with E-state index in [1.54, 1.807) is 12.1 Å². The van der Waals surface area contributed by atoms with Crippen LogP contribution < -0.4 is 10.6 Å². The summed E-state index contributed by atoms with van der Waals surface area (Å²) < 4.78 is 12.7. The maximum atomic E-state index is 12.7. The summed E-state index contributed by atoms with van der Waals surface area (Å²) in [7, 11) is 0. The fourth-order valence-electron chi connectivity index (χ4n) is 1.94. The first-order valence-electron chi connectivity index (χ1n) is 6.44. The average molecular weight is 250 g/mol. The third-order valence-corrected chi connectivity index (χ3v) is 3.30. The highest BCUT2D eigenvalue weighted by atomic mass is 19.1. The van der Waals surface area contributed by atoms with E-state index >= 15 is 0 Å². The van der Waals surface area contributed by atoms with E-state index in [9.17, 15) is 9.18 Å². The maximum Gasteiger partial charge on any atom is 0.315 e. The van der Waals surface area contributed by atoms with Gasteiger partial charge >= 0.3 is 6.03 Å². The zero-order valence-corrected chi connectivity index (χ0v) is 10.6. The van der Waals surface area contributed by atoms with Crippen molar-refractivity contribution < 1.29 is 9.18 Å². The van der Waals surface area contributed by atoms with Crippen molar-refractivity contribution in [1.29, 1.82) is 0 Å². The molecule has 0 aromatic heterocycles. The molecule has 0 aliphatic heterocycles. The van der Waals surface area contributed by atoms with E-state index in [2.05, 4.69) is 10.6 Å². The molecule has 3 nitrogen and oxygen atoms in total. The molecule has 1 aliphatic carbocycles. The Morgan fingerprint density at radius 2 is 2.06 bits per heavy atom. The monoisotopic (exact) mass is 250 g/mol. The number of carbonyl (C=O) groups excluding carboxylic acids is 1. The third-order valence-electron chi connectivity index (χ3n) is 3.30. The van der Waals surface area contributed by atoms with Gasteiger partial charge in [-0.05, 0) is 49.8 Å². The van der Waals surface area contributed by atoms with E-state index < -0.39 is 0 Å². The second kappa shape index (κ2) is 5.85. The molecule has 1 aromatic rings. The number of urea groups is 1. The molecule has 2 rings (SSSR count). The van der Waals surface area contributed by atoms with Crippen LogP contribution in [0.4, 0.5) is 9.18 Å². The highest BCUT2D eigenvalue weighted by molar-refractivity contribution is 5.74. The van der Waals surface area contributed by atoms with Gasteiger partial charge in [0, 0.05) is 12.6 Å². The average Bonchev–Trinajstić information content (AvgIpc) is 3.15. The van der Waals surface area contributed by atoms with Crippen LogP contribution in [0.3, 0.4) is 0 Å².